The molecule has 3 aliphatic rings. The third-order valence-electron chi connectivity index (χ3n) is 4.31. The van der Waals surface area contributed by atoms with E-state index in [1.807, 2.05) is 0 Å². The molecule has 0 bridgehead atoms. The topological polar surface area (TPSA) is 9.23 Å². The predicted molar refractivity (Wildman–Crippen MR) is 47.9 cm³/mol. The van der Waals surface area contributed by atoms with Gasteiger partial charge in [0.25, 0.3) is 0 Å². The first-order valence-corrected chi connectivity index (χ1v) is 5.41. The number of ether oxygens (including phenoxy) is 1. The first kappa shape index (κ1) is 7.37. The number of hydrogen-bond donors (Lipinski definition) is 0. The molecule has 0 aromatic carbocycles. The van der Waals surface area contributed by atoms with E-state index in [1.54, 1.807) is 0 Å². The van der Waals surface area contributed by atoms with Crippen LogP contribution in [-0.4, -0.2) is 12.2 Å². The summed E-state index contributed by atoms with van der Waals surface area (Å²) in [6.07, 6.45) is 7.10. The second kappa shape index (κ2) is 2.25. The maximum Gasteiger partial charge on any atom is 0.0710 e. The standard InChI is InChI=1S/C11H18O/c1-8-4-9-6-11(2-3-12-11)7-10(9)5-8/h8-10H,2-7H2,1H3/t8?,9-,10?,11?/m1/s1. The minimum Gasteiger partial charge on any atom is -0.375 e. The molecule has 1 aliphatic heterocycles. The summed E-state index contributed by atoms with van der Waals surface area (Å²) in [5, 5.41) is 0. The average molecular weight is 166 g/mol. The van der Waals surface area contributed by atoms with Crippen LogP contribution in [0.25, 0.3) is 0 Å². The van der Waals surface area contributed by atoms with Gasteiger partial charge in [-0.25, -0.2) is 0 Å². The third kappa shape index (κ3) is 0.891. The Hall–Kier alpha value is -0.0400. The van der Waals surface area contributed by atoms with Gasteiger partial charge in [0.1, 0.15) is 0 Å². The molecule has 3 unspecified atom stereocenters. The van der Waals surface area contributed by atoms with Gasteiger partial charge in [-0.05, 0) is 49.9 Å². The van der Waals surface area contributed by atoms with Crippen molar-refractivity contribution in [2.75, 3.05) is 6.61 Å². The molecule has 1 heterocycles. The molecule has 3 rings (SSSR count). The fourth-order valence-electron chi connectivity index (χ4n) is 3.77. The van der Waals surface area contributed by atoms with Gasteiger partial charge in [-0.2, -0.15) is 0 Å². The van der Waals surface area contributed by atoms with E-state index in [0.29, 0.717) is 5.60 Å². The molecule has 3 fully saturated rings. The van der Waals surface area contributed by atoms with Crippen molar-refractivity contribution in [2.45, 2.75) is 44.6 Å². The van der Waals surface area contributed by atoms with Gasteiger partial charge in [-0.3, -0.25) is 0 Å². The van der Waals surface area contributed by atoms with Crippen molar-refractivity contribution in [1.29, 1.82) is 0 Å². The maximum absolute atomic E-state index is 5.75. The van der Waals surface area contributed by atoms with E-state index < -0.39 is 0 Å². The molecular formula is C11H18O. The molecule has 12 heavy (non-hydrogen) atoms. The Bertz CT molecular complexity index is 179. The highest BCUT2D eigenvalue weighted by atomic mass is 16.5. The molecule has 2 aliphatic carbocycles. The largest absolute Gasteiger partial charge is 0.375 e. The highest BCUT2D eigenvalue weighted by molar-refractivity contribution is 5.02. The SMILES string of the molecule is CC1CC2CC3(CCO3)C[C@H]2C1. The Kier molecular flexibility index (Phi) is 1.39. The van der Waals surface area contributed by atoms with Gasteiger partial charge in [-0.1, -0.05) is 6.92 Å². The highest BCUT2D eigenvalue weighted by Crippen LogP contribution is 2.55. The molecular weight excluding hydrogens is 148 g/mol. The van der Waals surface area contributed by atoms with Crippen LogP contribution in [-0.2, 0) is 4.74 Å². The summed E-state index contributed by atoms with van der Waals surface area (Å²) >= 11 is 0. The second-order valence-electron chi connectivity index (χ2n) is 5.29. The Morgan fingerprint density at radius 2 is 1.75 bits per heavy atom. The van der Waals surface area contributed by atoms with E-state index in [2.05, 4.69) is 6.92 Å². The summed E-state index contributed by atoms with van der Waals surface area (Å²) in [4.78, 5) is 0. The van der Waals surface area contributed by atoms with Gasteiger partial charge in [0.2, 0.25) is 0 Å². The molecule has 0 radical (unpaired) electrons. The van der Waals surface area contributed by atoms with Gasteiger partial charge in [-0.15, -0.1) is 0 Å². The lowest BCUT2D eigenvalue weighted by atomic mass is 9.89. The second-order valence-corrected chi connectivity index (χ2v) is 5.29. The smallest absolute Gasteiger partial charge is 0.0710 e. The van der Waals surface area contributed by atoms with Crippen molar-refractivity contribution in [3.8, 4) is 0 Å². The summed E-state index contributed by atoms with van der Waals surface area (Å²) in [6, 6.07) is 0. The zero-order valence-electron chi connectivity index (χ0n) is 7.88. The van der Waals surface area contributed by atoms with Crippen molar-refractivity contribution in [3.63, 3.8) is 0 Å². The molecule has 1 saturated heterocycles. The molecule has 1 heteroatoms. The molecule has 4 atom stereocenters. The molecule has 1 spiro atoms. The first-order valence-electron chi connectivity index (χ1n) is 5.41. The molecule has 0 aromatic rings. The molecule has 68 valence electrons. The predicted octanol–water partition coefficient (Wildman–Crippen LogP) is 2.60. The zero-order valence-corrected chi connectivity index (χ0v) is 7.88. The van der Waals surface area contributed by atoms with Crippen molar-refractivity contribution in [2.24, 2.45) is 17.8 Å². The van der Waals surface area contributed by atoms with Gasteiger partial charge in [0, 0.05) is 0 Å². The van der Waals surface area contributed by atoms with Crippen LogP contribution in [0.5, 0.6) is 0 Å². The van der Waals surface area contributed by atoms with Crippen LogP contribution in [0, 0.1) is 17.8 Å². The lowest BCUT2D eigenvalue weighted by Crippen LogP contribution is -2.41. The van der Waals surface area contributed by atoms with E-state index in [0.717, 1.165) is 24.4 Å². The van der Waals surface area contributed by atoms with Crippen LogP contribution in [0.2, 0.25) is 0 Å². The average Bonchev–Trinajstić information content (AvgIpc) is 2.38. The molecule has 2 saturated carbocycles. The van der Waals surface area contributed by atoms with Gasteiger partial charge in [0.05, 0.1) is 12.2 Å². The first-order chi connectivity index (χ1) is 5.77. The Morgan fingerprint density at radius 3 is 2.17 bits per heavy atom. The van der Waals surface area contributed by atoms with Crippen molar-refractivity contribution < 1.29 is 4.74 Å². The van der Waals surface area contributed by atoms with Crippen LogP contribution in [0.3, 0.4) is 0 Å². The summed E-state index contributed by atoms with van der Waals surface area (Å²) in [5.41, 5.74) is 0.398. The van der Waals surface area contributed by atoms with Crippen LogP contribution >= 0.6 is 0 Å². The van der Waals surface area contributed by atoms with E-state index in [1.165, 1.54) is 32.1 Å². The fraction of sp³-hybridized carbons (Fsp3) is 1.00. The Labute approximate surface area is 74.5 Å². The van der Waals surface area contributed by atoms with Crippen molar-refractivity contribution >= 4 is 0 Å². The van der Waals surface area contributed by atoms with Crippen LogP contribution in [0.1, 0.15) is 39.0 Å². The fourth-order valence-corrected chi connectivity index (χ4v) is 3.77. The summed E-state index contributed by atoms with van der Waals surface area (Å²) in [7, 11) is 0. The highest BCUT2D eigenvalue weighted by Gasteiger charge is 2.52. The van der Waals surface area contributed by atoms with E-state index in [-0.39, 0.29) is 0 Å². The van der Waals surface area contributed by atoms with Crippen LogP contribution in [0.15, 0.2) is 0 Å². The maximum atomic E-state index is 5.75. The van der Waals surface area contributed by atoms with Crippen molar-refractivity contribution in [1.82, 2.24) is 0 Å². The van der Waals surface area contributed by atoms with E-state index in [4.69, 9.17) is 4.74 Å². The van der Waals surface area contributed by atoms with Crippen LogP contribution in [0.4, 0.5) is 0 Å². The molecule has 0 amide bonds. The quantitative estimate of drug-likeness (QED) is 0.537. The molecule has 1 nitrogen and oxygen atoms in total. The van der Waals surface area contributed by atoms with Gasteiger partial charge >= 0.3 is 0 Å². The molecule has 0 N–H and O–H groups in total. The lowest BCUT2D eigenvalue weighted by Gasteiger charge is -2.39. The van der Waals surface area contributed by atoms with Gasteiger partial charge < -0.3 is 4.74 Å². The Balaban J connectivity index is 1.73. The lowest BCUT2D eigenvalue weighted by molar-refractivity contribution is -0.146. The normalized spacial score (nSPS) is 57.2. The molecule has 0 aromatic heterocycles. The Morgan fingerprint density at radius 1 is 1.17 bits per heavy atom. The minimum absolute atomic E-state index is 0.398. The van der Waals surface area contributed by atoms with Gasteiger partial charge in [0.15, 0.2) is 0 Å². The third-order valence-corrected chi connectivity index (χ3v) is 4.31. The number of fused-ring (bicyclic) bond motifs is 1. The minimum atomic E-state index is 0.398. The monoisotopic (exact) mass is 166 g/mol. The number of rotatable bonds is 0. The van der Waals surface area contributed by atoms with E-state index >= 15 is 0 Å². The van der Waals surface area contributed by atoms with E-state index in [9.17, 15) is 0 Å². The zero-order chi connectivity index (χ0) is 8.18. The van der Waals surface area contributed by atoms with Crippen molar-refractivity contribution in [3.05, 3.63) is 0 Å². The summed E-state index contributed by atoms with van der Waals surface area (Å²) < 4.78 is 5.75. The number of hydrogen-bond acceptors (Lipinski definition) is 1. The van der Waals surface area contributed by atoms with Crippen LogP contribution < -0.4 is 0 Å². The summed E-state index contributed by atoms with van der Waals surface area (Å²) in [6.45, 7) is 3.45. The summed E-state index contributed by atoms with van der Waals surface area (Å²) in [5.74, 6) is 3.05.